The van der Waals surface area contributed by atoms with Crippen molar-refractivity contribution in [3.05, 3.63) is 11.7 Å². The summed E-state index contributed by atoms with van der Waals surface area (Å²) in [6.07, 6.45) is 3.98. The van der Waals surface area contributed by atoms with Gasteiger partial charge in [0.2, 0.25) is 5.89 Å². The summed E-state index contributed by atoms with van der Waals surface area (Å²) >= 11 is 0. The predicted octanol–water partition coefficient (Wildman–Crippen LogP) is 1.88. The van der Waals surface area contributed by atoms with Gasteiger partial charge < -0.3 is 14.7 Å². The van der Waals surface area contributed by atoms with Gasteiger partial charge in [-0.15, -0.1) is 0 Å². The molecule has 1 rings (SSSR count). The zero-order valence-corrected chi connectivity index (χ0v) is 12.8. The van der Waals surface area contributed by atoms with E-state index in [-0.39, 0.29) is 0 Å². The second kappa shape index (κ2) is 9.04. The summed E-state index contributed by atoms with van der Waals surface area (Å²) in [5.74, 6) is 1.58. The Labute approximate surface area is 116 Å². The zero-order chi connectivity index (χ0) is 14.1. The maximum absolute atomic E-state index is 5.32. The molecule has 0 spiro atoms. The fourth-order valence-corrected chi connectivity index (χ4v) is 2.18. The lowest BCUT2D eigenvalue weighted by atomic mass is 10.1. The van der Waals surface area contributed by atoms with Crippen molar-refractivity contribution in [2.24, 2.45) is 0 Å². The van der Waals surface area contributed by atoms with E-state index >= 15 is 0 Å². The molecular weight excluding hydrogens is 240 g/mol. The highest BCUT2D eigenvalue weighted by molar-refractivity contribution is 4.90. The molecule has 0 bridgehead atoms. The molecule has 5 nitrogen and oxygen atoms in total. The summed E-state index contributed by atoms with van der Waals surface area (Å²) in [5, 5.41) is 7.36. The van der Waals surface area contributed by atoms with Gasteiger partial charge in [0.05, 0.1) is 0 Å². The number of nitrogens with zero attached hydrogens (tertiary/aromatic N) is 3. The van der Waals surface area contributed by atoms with Crippen molar-refractivity contribution in [1.29, 1.82) is 0 Å². The number of aromatic nitrogens is 2. The van der Waals surface area contributed by atoms with Gasteiger partial charge in [-0.2, -0.15) is 4.98 Å². The van der Waals surface area contributed by atoms with Crippen molar-refractivity contribution in [2.75, 3.05) is 26.7 Å². The molecule has 1 N–H and O–H groups in total. The number of rotatable bonds is 10. The van der Waals surface area contributed by atoms with Gasteiger partial charge in [-0.3, -0.25) is 0 Å². The van der Waals surface area contributed by atoms with Crippen molar-refractivity contribution >= 4 is 0 Å². The Hall–Kier alpha value is -0.940. The van der Waals surface area contributed by atoms with Gasteiger partial charge in [0, 0.05) is 25.4 Å². The van der Waals surface area contributed by atoms with Crippen molar-refractivity contribution < 1.29 is 4.52 Å². The lowest BCUT2D eigenvalue weighted by Gasteiger charge is -2.16. The fourth-order valence-electron chi connectivity index (χ4n) is 2.18. The maximum Gasteiger partial charge on any atom is 0.228 e. The van der Waals surface area contributed by atoms with Crippen molar-refractivity contribution in [2.45, 2.75) is 52.5 Å². The van der Waals surface area contributed by atoms with Gasteiger partial charge in [-0.25, -0.2) is 0 Å². The Kier molecular flexibility index (Phi) is 7.67. The van der Waals surface area contributed by atoms with Crippen molar-refractivity contribution in [3.8, 4) is 0 Å². The van der Waals surface area contributed by atoms with E-state index in [1.165, 1.54) is 0 Å². The average molecular weight is 268 g/mol. The Morgan fingerprint density at radius 1 is 1.26 bits per heavy atom. The van der Waals surface area contributed by atoms with E-state index in [0.717, 1.165) is 57.0 Å². The van der Waals surface area contributed by atoms with E-state index in [1.807, 2.05) is 7.05 Å². The highest BCUT2D eigenvalue weighted by Gasteiger charge is 2.12. The Morgan fingerprint density at radius 2 is 2.00 bits per heavy atom. The largest absolute Gasteiger partial charge is 0.339 e. The minimum absolute atomic E-state index is 0.432. The van der Waals surface area contributed by atoms with Crippen LogP contribution in [0.2, 0.25) is 0 Å². The van der Waals surface area contributed by atoms with Gasteiger partial charge in [0.1, 0.15) is 0 Å². The number of nitrogens with one attached hydrogen (secondary N) is 1. The molecule has 0 amide bonds. The van der Waals surface area contributed by atoms with E-state index in [9.17, 15) is 0 Å². The molecule has 1 unspecified atom stereocenters. The molecular formula is C14H28N4O. The molecule has 0 saturated carbocycles. The Bertz CT molecular complexity index is 336. The molecule has 0 aliphatic rings. The summed E-state index contributed by atoms with van der Waals surface area (Å²) in [7, 11) is 1.98. The summed E-state index contributed by atoms with van der Waals surface area (Å²) < 4.78 is 5.32. The smallest absolute Gasteiger partial charge is 0.228 e. The summed E-state index contributed by atoms with van der Waals surface area (Å²) in [4.78, 5) is 6.84. The van der Waals surface area contributed by atoms with Crippen LogP contribution in [0, 0.1) is 0 Å². The van der Waals surface area contributed by atoms with E-state index in [4.69, 9.17) is 4.52 Å². The van der Waals surface area contributed by atoms with Crippen LogP contribution in [0.25, 0.3) is 0 Å². The molecule has 5 heteroatoms. The first kappa shape index (κ1) is 16.1. The van der Waals surface area contributed by atoms with Crippen LogP contribution >= 0.6 is 0 Å². The SMILES string of the molecule is CCCC(Cc1nc(CCN(CC)CC)no1)NC. The first-order valence-electron chi connectivity index (χ1n) is 7.44. The molecule has 0 radical (unpaired) electrons. The van der Waals surface area contributed by atoms with Gasteiger partial charge in [-0.05, 0) is 26.6 Å². The third kappa shape index (κ3) is 5.70. The van der Waals surface area contributed by atoms with Gasteiger partial charge in [-0.1, -0.05) is 32.3 Å². The number of hydrogen-bond donors (Lipinski definition) is 1. The molecule has 1 aromatic heterocycles. The summed E-state index contributed by atoms with van der Waals surface area (Å²) in [6, 6.07) is 0.432. The first-order valence-corrected chi connectivity index (χ1v) is 7.44. The van der Waals surface area contributed by atoms with Crippen LogP contribution in [-0.4, -0.2) is 47.8 Å². The summed E-state index contributed by atoms with van der Waals surface area (Å²) in [5.41, 5.74) is 0. The van der Waals surface area contributed by atoms with Gasteiger partial charge in [0.15, 0.2) is 5.82 Å². The molecule has 0 saturated heterocycles. The summed E-state index contributed by atoms with van der Waals surface area (Å²) in [6.45, 7) is 9.67. The van der Waals surface area contributed by atoms with Crippen LogP contribution in [0.3, 0.4) is 0 Å². The van der Waals surface area contributed by atoms with E-state index < -0.39 is 0 Å². The van der Waals surface area contributed by atoms with Crippen LogP contribution in [0.5, 0.6) is 0 Å². The van der Waals surface area contributed by atoms with E-state index in [0.29, 0.717) is 6.04 Å². The Morgan fingerprint density at radius 3 is 2.58 bits per heavy atom. The van der Waals surface area contributed by atoms with E-state index in [1.54, 1.807) is 0 Å². The van der Waals surface area contributed by atoms with Crippen LogP contribution < -0.4 is 5.32 Å². The van der Waals surface area contributed by atoms with E-state index in [2.05, 4.69) is 41.1 Å². The molecule has 0 fully saturated rings. The lowest BCUT2D eigenvalue weighted by Crippen LogP contribution is -2.27. The first-order chi connectivity index (χ1) is 9.23. The highest BCUT2D eigenvalue weighted by atomic mass is 16.5. The predicted molar refractivity (Wildman–Crippen MR) is 77.2 cm³/mol. The molecule has 110 valence electrons. The zero-order valence-electron chi connectivity index (χ0n) is 12.8. The fraction of sp³-hybridized carbons (Fsp3) is 0.857. The minimum atomic E-state index is 0.432. The number of hydrogen-bond acceptors (Lipinski definition) is 5. The normalized spacial score (nSPS) is 13.1. The van der Waals surface area contributed by atoms with Gasteiger partial charge in [0.25, 0.3) is 0 Å². The second-order valence-electron chi connectivity index (χ2n) is 4.86. The van der Waals surface area contributed by atoms with Gasteiger partial charge >= 0.3 is 0 Å². The molecule has 0 aromatic carbocycles. The van der Waals surface area contributed by atoms with Crippen LogP contribution in [0.1, 0.15) is 45.3 Å². The quantitative estimate of drug-likeness (QED) is 0.702. The van der Waals surface area contributed by atoms with Crippen LogP contribution in [0.15, 0.2) is 4.52 Å². The standard InChI is InChI=1S/C14H28N4O/c1-5-8-12(15-4)11-14-16-13(17-19-14)9-10-18(6-2)7-3/h12,15H,5-11H2,1-4H3. The van der Waals surface area contributed by atoms with Crippen LogP contribution in [0.4, 0.5) is 0 Å². The molecule has 1 heterocycles. The van der Waals surface area contributed by atoms with Crippen LogP contribution in [-0.2, 0) is 12.8 Å². The second-order valence-corrected chi connectivity index (χ2v) is 4.86. The molecule has 1 aromatic rings. The third-order valence-electron chi connectivity index (χ3n) is 3.52. The molecule has 19 heavy (non-hydrogen) atoms. The topological polar surface area (TPSA) is 54.2 Å². The van der Waals surface area contributed by atoms with Crippen molar-refractivity contribution in [1.82, 2.24) is 20.4 Å². The average Bonchev–Trinajstić information content (AvgIpc) is 2.87. The lowest BCUT2D eigenvalue weighted by molar-refractivity contribution is 0.302. The minimum Gasteiger partial charge on any atom is -0.339 e. The monoisotopic (exact) mass is 268 g/mol. The molecule has 0 aliphatic heterocycles. The Balaban J connectivity index is 2.43. The third-order valence-corrected chi connectivity index (χ3v) is 3.52. The number of likely N-dealkylation sites (N-methyl/N-ethyl adjacent to an activating group) is 2. The molecule has 0 aliphatic carbocycles. The molecule has 1 atom stereocenters. The van der Waals surface area contributed by atoms with Crippen molar-refractivity contribution in [3.63, 3.8) is 0 Å². The maximum atomic E-state index is 5.32. The highest BCUT2D eigenvalue weighted by Crippen LogP contribution is 2.06.